The van der Waals surface area contributed by atoms with E-state index in [2.05, 4.69) is 10.3 Å². The molecule has 0 amide bonds. The molecular weight excluding hydrogens is 235 g/mol. The lowest BCUT2D eigenvalue weighted by atomic mass is 10.3. The molecule has 0 saturated heterocycles. The third-order valence-corrected chi connectivity index (χ3v) is 3.19. The molecule has 0 aliphatic carbocycles. The van der Waals surface area contributed by atoms with Crippen molar-refractivity contribution in [3.05, 3.63) is 54.6 Å². The van der Waals surface area contributed by atoms with Crippen molar-refractivity contribution >= 4 is 17.4 Å². The van der Waals surface area contributed by atoms with Crippen LogP contribution in [0.15, 0.2) is 53.7 Å². The number of nitrogens with zero attached hydrogens (tertiary/aromatic N) is 1. The average molecular weight is 248 g/mol. The molecule has 0 saturated carbocycles. The number of thioether (sulfide) groups is 1. The molecule has 2 rings (SSSR count). The summed E-state index contributed by atoms with van der Waals surface area (Å²) in [5.74, 6) is 0.720. The first-order valence-electron chi connectivity index (χ1n) is 5.37. The Hall–Kier alpha value is -1.55. The normalized spacial score (nSPS) is 10.2. The van der Waals surface area contributed by atoms with Crippen molar-refractivity contribution in [2.24, 2.45) is 0 Å². The van der Waals surface area contributed by atoms with Crippen LogP contribution in [0, 0.1) is 5.82 Å². The highest BCUT2D eigenvalue weighted by Gasteiger charge is 1.95. The molecule has 88 valence electrons. The second-order valence-corrected chi connectivity index (χ2v) is 4.64. The van der Waals surface area contributed by atoms with Gasteiger partial charge in [0.15, 0.2) is 0 Å². The van der Waals surface area contributed by atoms with E-state index < -0.39 is 0 Å². The molecule has 0 bridgehead atoms. The lowest BCUT2D eigenvalue weighted by molar-refractivity contribution is 0.628. The lowest BCUT2D eigenvalue weighted by Gasteiger charge is -2.06. The van der Waals surface area contributed by atoms with Gasteiger partial charge in [-0.05, 0) is 30.3 Å². The maximum atomic E-state index is 12.9. The highest BCUT2D eigenvalue weighted by molar-refractivity contribution is 7.99. The maximum absolute atomic E-state index is 12.9. The number of anilines is 1. The fourth-order valence-corrected chi connectivity index (χ4v) is 2.15. The van der Waals surface area contributed by atoms with Gasteiger partial charge in [0.1, 0.15) is 5.82 Å². The fraction of sp³-hybridized carbons (Fsp3) is 0.154. The summed E-state index contributed by atoms with van der Waals surface area (Å²) < 4.78 is 12.9. The molecule has 0 spiro atoms. The van der Waals surface area contributed by atoms with Gasteiger partial charge < -0.3 is 5.32 Å². The molecule has 2 nitrogen and oxygen atoms in total. The van der Waals surface area contributed by atoms with E-state index in [1.807, 2.05) is 18.2 Å². The minimum Gasteiger partial charge on any atom is -0.384 e. The predicted molar refractivity (Wildman–Crippen MR) is 69.9 cm³/mol. The van der Waals surface area contributed by atoms with Crippen LogP contribution >= 0.6 is 11.8 Å². The molecular formula is C13H13FN2S. The third kappa shape index (κ3) is 4.07. The number of aromatic nitrogens is 1. The zero-order valence-electron chi connectivity index (χ0n) is 9.27. The number of hydrogen-bond donors (Lipinski definition) is 1. The van der Waals surface area contributed by atoms with Crippen molar-refractivity contribution in [1.82, 2.24) is 4.98 Å². The molecule has 17 heavy (non-hydrogen) atoms. The summed E-state index contributed by atoms with van der Waals surface area (Å²) >= 11 is 1.75. The zero-order valence-corrected chi connectivity index (χ0v) is 10.1. The van der Waals surface area contributed by atoms with E-state index in [9.17, 15) is 4.39 Å². The van der Waals surface area contributed by atoms with E-state index in [1.54, 1.807) is 30.2 Å². The smallest absolute Gasteiger partial charge is 0.125 e. The lowest BCUT2D eigenvalue weighted by Crippen LogP contribution is -2.03. The molecule has 1 N–H and O–H groups in total. The van der Waals surface area contributed by atoms with Crippen LogP contribution in [-0.4, -0.2) is 17.3 Å². The summed E-state index contributed by atoms with van der Waals surface area (Å²) in [7, 11) is 0. The number of rotatable bonds is 5. The van der Waals surface area contributed by atoms with Crippen LogP contribution in [0.2, 0.25) is 0 Å². The van der Waals surface area contributed by atoms with Crippen molar-refractivity contribution in [3.8, 4) is 0 Å². The van der Waals surface area contributed by atoms with Gasteiger partial charge in [0.25, 0.3) is 0 Å². The van der Waals surface area contributed by atoms with Gasteiger partial charge in [-0.2, -0.15) is 0 Å². The summed E-state index contributed by atoms with van der Waals surface area (Å²) in [5.41, 5.74) is 0.820. The molecule has 0 radical (unpaired) electrons. The molecule has 0 aliphatic rings. The molecule has 1 aromatic carbocycles. The quantitative estimate of drug-likeness (QED) is 0.648. The van der Waals surface area contributed by atoms with Gasteiger partial charge in [-0.3, -0.25) is 4.98 Å². The van der Waals surface area contributed by atoms with Gasteiger partial charge in [0.05, 0.1) is 0 Å². The fourth-order valence-electron chi connectivity index (χ4n) is 1.40. The monoisotopic (exact) mass is 248 g/mol. The second kappa shape index (κ2) is 6.25. The summed E-state index contributed by atoms with van der Waals surface area (Å²) in [5, 5.41) is 3.18. The third-order valence-electron chi connectivity index (χ3n) is 2.17. The first kappa shape index (κ1) is 11.9. The van der Waals surface area contributed by atoms with Gasteiger partial charge in [0.2, 0.25) is 0 Å². The topological polar surface area (TPSA) is 24.9 Å². The van der Waals surface area contributed by atoms with Gasteiger partial charge in [-0.15, -0.1) is 11.8 Å². The van der Waals surface area contributed by atoms with Crippen molar-refractivity contribution in [1.29, 1.82) is 0 Å². The van der Waals surface area contributed by atoms with Crippen LogP contribution in [0.1, 0.15) is 0 Å². The maximum Gasteiger partial charge on any atom is 0.125 e. The van der Waals surface area contributed by atoms with Crippen molar-refractivity contribution in [3.63, 3.8) is 0 Å². The molecule has 1 aromatic heterocycles. The van der Waals surface area contributed by atoms with Crippen LogP contribution in [-0.2, 0) is 0 Å². The Kier molecular flexibility index (Phi) is 4.38. The Morgan fingerprint density at radius 3 is 2.76 bits per heavy atom. The van der Waals surface area contributed by atoms with Crippen molar-refractivity contribution < 1.29 is 4.39 Å². The highest BCUT2D eigenvalue weighted by atomic mass is 32.2. The van der Waals surface area contributed by atoms with E-state index in [-0.39, 0.29) is 5.82 Å². The Bertz CT molecular complexity index is 462. The van der Waals surface area contributed by atoms with Crippen LogP contribution in [0.3, 0.4) is 0 Å². The molecule has 4 heteroatoms. The van der Waals surface area contributed by atoms with Gasteiger partial charge in [-0.1, -0.05) is 6.07 Å². The molecule has 0 unspecified atom stereocenters. The molecule has 0 fully saturated rings. The van der Waals surface area contributed by atoms with Gasteiger partial charge in [0, 0.05) is 35.3 Å². The van der Waals surface area contributed by atoms with E-state index in [0.29, 0.717) is 0 Å². The number of pyridine rings is 1. The number of halogens is 1. The number of benzene rings is 1. The Balaban J connectivity index is 1.73. The Morgan fingerprint density at radius 2 is 2.00 bits per heavy atom. The van der Waals surface area contributed by atoms with Gasteiger partial charge >= 0.3 is 0 Å². The number of nitrogens with one attached hydrogen (secondary N) is 1. The number of hydrogen-bond acceptors (Lipinski definition) is 3. The van der Waals surface area contributed by atoms with E-state index in [1.165, 1.54) is 17.0 Å². The van der Waals surface area contributed by atoms with Crippen LogP contribution in [0.5, 0.6) is 0 Å². The van der Waals surface area contributed by atoms with Crippen LogP contribution in [0.25, 0.3) is 0 Å². The summed E-state index contributed by atoms with van der Waals surface area (Å²) in [6.45, 7) is 0.802. The molecule has 1 heterocycles. The minimum atomic E-state index is -0.211. The predicted octanol–water partition coefficient (Wildman–Crippen LogP) is 3.42. The molecule has 0 atom stereocenters. The van der Waals surface area contributed by atoms with Crippen molar-refractivity contribution in [2.45, 2.75) is 4.90 Å². The second-order valence-electron chi connectivity index (χ2n) is 3.47. The summed E-state index contributed by atoms with van der Waals surface area (Å²) in [4.78, 5) is 5.16. The highest BCUT2D eigenvalue weighted by Crippen LogP contribution is 2.16. The summed E-state index contributed by atoms with van der Waals surface area (Å²) in [6, 6.07) is 10.5. The Labute approximate surface area is 104 Å². The molecule has 2 aromatic rings. The summed E-state index contributed by atoms with van der Waals surface area (Å²) in [6.07, 6.45) is 3.56. The zero-order chi connectivity index (χ0) is 11.9. The average Bonchev–Trinajstić information content (AvgIpc) is 2.36. The standard InChI is InChI=1S/C13H13FN2S/c14-11-2-1-3-12(10-11)16-8-9-17-13-4-6-15-7-5-13/h1-7,10,16H,8-9H2. The first-order chi connectivity index (χ1) is 8.34. The van der Waals surface area contributed by atoms with E-state index >= 15 is 0 Å². The van der Waals surface area contributed by atoms with E-state index in [4.69, 9.17) is 0 Å². The van der Waals surface area contributed by atoms with E-state index in [0.717, 1.165) is 18.0 Å². The first-order valence-corrected chi connectivity index (χ1v) is 6.35. The SMILES string of the molecule is Fc1cccc(NCCSc2ccncc2)c1. The van der Waals surface area contributed by atoms with Crippen molar-refractivity contribution in [2.75, 3.05) is 17.6 Å². The molecule has 0 aliphatic heterocycles. The van der Waals surface area contributed by atoms with Crippen LogP contribution in [0.4, 0.5) is 10.1 Å². The van der Waals surface area contributed by atoms with Crippen LogP contribution < -0.4 is 5.32 Å². The van der Waals surface area contributed by atoms with Gasteiger partial charge in [-0.25, -0.2) is 4.39 Å². The Morgan fingerprint density at radius 1 is 1.18 bits per heavy atom. The minimum absolute atomic E-state index is 0.211. The largest absolute Gasteiger partial charge is 0.384 e.